The Bertz CT molecular complexity index is 676. The minimum absolute atomic E-state index is 0.411. The molecule has 0 aromatic heterocycles. The van der Waals surface area contributed by atoms with E-state index < -0.39 is 17.7 Å². The van der Waals surface area contributed by atoms with Crippen LogP contribution in [0.3, 0.4) is 0 Å². The summed E-state index contributed by atoms with van der Waals surface area (Å²) in [5.41, 5.74) is 0.411. The number of amides is 1. The van der Waals surface area contributed by atoms with Gasteiger partial charge >= 0.3 is 0 Å². The van der Waals surface area contributed by atoms with E-state index in [0.717, 1.165) is 26.1 Å². The molecule has 2 heterocycles. The maximum Gasteiger partial charge on any atom is 0.263 e. The highest BCUT2D eigenvalue weighted by Gasteiger charge is 2.35. The van der Waals surface area contributed by atoms with E-state index >= 15 is 0 Å². The Morgan fingerprint density at radius 2 is 2.00 bits per heavy atom. The quantitative estimate of drug-likeness (QED) is 0.727. The van der Waals surface area contributed by atoms with Crippen LogP contribution in [0, 0.1) is 11.8 Å². The van der Waals surface area contributed by atoms with Crippen molar-refractivity contribution in [3.8, 4) is 0 Å². The lowest BCUT2D eigenvalue weighted by Gasteiger charge is -2.24. The molecule has 1 saturated heterocycles. The number of allylic oxidation sites excluding steroid dienone is 2. The van der Waals surface area contributed by atoms with Gasteiger partial charge in [0.1, 0.15) is 23.3 Å². The molecule has 0 radical (unpaired) electrons. The monoisotopic (exact) mass is 364 g/mol. The number of nitrogens with zero attached hydrogens (tertiary/aromatic N) is 2. The highest BCUT2D eigenvalue weighted by atomic mass is 32.2. The fourth-order valence-corrected chi connectivity index (χ4v) is 4.06. The Kier molecular flexibility index (Phi) is 5.03. The van der Waals surface area contributed by atoms with Gasteiger partial charge in [-0.25, -0.2) is 9.38 Å². The predicted octanol–water partition coefficient (Wildman–Crippen LogP) is 3.07. The van der Waals surface area contributed by atoms with Crippen LogP contribution < -0.4 is 0 Å². The average molecular weight is 364 g/mol. The van der Waals surface area contributed by atoms with Crippen molar-refractivity contribution in [1.82, 2.24) is 0 Å². The summed E-state index contributed by atoms with van der Waals surface area (Å²) in [5, 5.41) is 0.500. The molecular formula is C18H21FN2O3S. The van der Waals surface area contributed by atoms with Crippen molar-refractivity contribution in [3.63, 3.8) is 0 Å². The molecule has 25 heavy (non-hydrogen) atoms. The number of carbonyl (C=O) groups is 1. The highest BCUT2D eigenvalue weighted by molar-refractivity contribution is 8.00. The number of amidine groups is 1. The van der Waals surface area contributed by atoms with Gasteiger partial charge in [0, 0.05) is 30.6 Å². The van der Waals surface area contributed by atoms with E-state index in [1.54, 1.807) is 17.8 Å². The Morgan fingerprint density at radius 1 is 1.20 bits per heavy atom. The Labute approximate surface area is 150 Å². The number of carbonyl (C=O) groups excluding carboxylic acids is 1. The summed E-state index contributed by atoms with van der Waals surface area (Å²) in [5.74, 6) is 0.0639. The zero-order valence-electron chi connectivity index (χ0n) is 13.9. The van der Waals surface area contributed by atoms with Crippen molar-refractivity contribution in [2.45, 2.75) is 30.9 Å². The van der Waals surface area contributed by atoms with Gasteiger partial charge in [0.05, 0.1) is 18.1 Å². The number of halogens is 1. The van der Waals surface area contributed by atoms with Crippen molar-refractivity contribution in [1.29, 1.82) is 0 Å². The van der Waals surface area contributed by atoms with Crippen molar-refractivity contribution in [2.75, 3.05) is 25.6 Å². The van der Waals surface area contributed by atoms with E-state index in [1.165, 1.54) is 18.9 Å². The molecule has 1 unspecified atom stereocenters. The zero-order chi connectivity index (χ0) is 17.2. The minimum Gasteiger partial charge on any atom is -0.493 e. The van der Waals surface area contributed by atoms with E-state index in [2.05, 4.69) is 9.98 Å². The molecule has 2 aliphatic carbocycles. The van der Waals surface area contributed by atoms with Gasteiger partial charge in [-0.3, -0.25) is 4.79 Å². The third kappa shape index (κ3) is 4.20. The minimum atomic E-state index is -0.995. The molecule has 2 fully saturated rings. The lowest BCUT2D eigenvalue weighted by atomic mass is 9.94. The van der Waals surface area contributed by atoms with Gasteiger partial charge in [0.25, 0.3) is 5.91 Å². The first-order chi connectivity index (χ1) is 12.2. The fourth-order valence-electron chi connectivity index (χ4n) is 3.02. The van der Waals surface area contributed by atoms with Gasteiger partial charge in [-0.15, -0.1) is 0 Å². The molecule has 134 valence electrons. The molecule has 2 aliphatic heterocycles. The van der Waals surface area contributed by atoms with Crippen LogP contribution in [0.2, 0.25) is 0 Å². The third-order valence-corrected chi connectivity index (χ3v) is 6.05. The van der Waals surface area contributed by atoms with Crippen molar-refractivity contribution in [2.24, 2.45) is 21.8 Å². The lowest BCUT2D eigenvalue weighted by molar-refractivity contribution is -0.119. The molecule has 0 N–H and O–H groups in total. The number of ether oxygens (including phenoxy) is 2. The van der Waals surface area contributed by atoms with Crippen LogP contribution >= 0.6 is 11.8 Å². The number of hydrogen-bond donors (Lipinski definition) is 0. The summed E-state index contributed by atoms with van der Waals surface area (Å²) < 4.78 is 25.3. The van der Waals surface area contributed by atoms with Crippen molar-refractivity contribution in [3.05, 3.63) is 23.7 Å². The first-order valence-corrected chi connectivity index (χ1v) is 9.85. The Morgan fingerprint density at radius 3 is 2.76 bits per heavy atom. The molecule has 7 heteroatoms. The van der Waals surface area contributed by atoms with Crippen LogP contribution in [0.25, 0.3) is 0 Å². The van der Waals surface area contributed by atoms with Crippen LogP contribution in [-0.4, -0.2) is 48.3 Å². The smallest absolute Gasteiger partial charge is 0.263 e. The standard InChI is InChI=1S/C18H21FN2O3S/c19-14-7-12(24-9-11-1-2-11)8-15-17(14)18(22)21-16(20-15)10-25-13-3-5-23-6-4-13/h7-8,11,13,17H,1-6,9-10H2. The normalized spacial score (nSPS) is 27.1. The number of fused-ring (bicyclic) bond motifs is 1. The van der Waals surface area contributed by atoms with Crippen LogP contribution in [-0.2, 0) is 14.3 Å². The maximum atomic E-state index is 14.3. The first kappa shape index (κ1) is 17.0. The Balaban J connectivity index is 1.43. The Hall–Kier alpha value is -1.47. The molecule has 1 saturated carbocycles. The van der Waals surface area contributed by atoms with Crippen LogP contribution in [0.4, 0.5) is 4.39 Å². The van der Waals surface area contributed by atoms with Crippen LogP contribution in [0.5, 0.6) is 0 Å². The fraction of sp³-hybridized carbons (Fsp3) is 0.611. The second-order valence-corrected chi connectivity index (χ2v) is 8.08. The predicted molar refractivity (Wildman–Crippen MR) is 95.6 cm³/mol. The molecule has 0 spiro atoms. The molecule has 4 rings (SSSR count). The molecular weight excluding hydrogens is 343 g/mol. The van der Waals surface area contributed by atoms with Crippen LogP contribution in [0.15, 0.2) is 33.7 Å². The molecule has 0 aromatic rings. The maximum absolute atomic E-state index is 14.3. The second kappa shape index (κ2) is 7.41. The number of aliphatic imine (C=N–C) groups is 2. The summed E-state index contributed by atoms with van der Waals surface area (Å²) in [6, 6.07) is 0. The molecule has 4 aliphatic rings. The van der Waals surface area contributed by atoms with Gasteiger partial charge in [-0.2, -0.15) is 16.8 Å². The summed E-state index contributed by atoms with van der Waals surface area (Å²) in [6.07, 6.45) is 7.32. The highest BCUT2D eigenvalue weighted by Crippen LogP contribution is 2.32. The van der Waals surface area contributed by atoms with E-state index in [9.17, 15) is 9.18 Å². The van der Waals surface area contributed by atoms with Crippen molar-refractivity contribution < 1.29 is 18.7 Å². The van der Waals surface area contributed by atoms with E-state index in [1.807, 2.05) is 0 Å². The first-order valence-electron chi connectivity index (χ1n) is 8.80. The van der Waals surface area contributed by atoms with E-state index in [4.69, 9.17) is 9.47 Å². The lowest BCUT2D eigenvalue weighted by Crippen LogP contribution is -2.31. The summed E-state index contributed by atoms with van der Waals surface area (Å²) in [4.78, 5) is 20.7. The number of hydrogen-bond acceptors (Lipinski definition) is 5. The molecule has 5 nitrogen and oxygen atoms in total. The summed E-state index contributed by atoms with van der Waals surface area (Å²) in [6.45, 7) is 2.16. The molecule has 0 aromatic carbocycles. The largest absolute Gasteiger partial charge is 0.493 e. The third-order valence-electron chi connectivity index (χ3n) is 4.69. The molecule has 1 amide bonds. The SMILES string of the molecule is O=C1N=C(CSC2CCOCC2)N=C2C=C(OCC3CC3)C=C(F)C12. The van der Waals surface area contributed by atoms with Gasteiger partial charge < -0.3 is 9.47 Å². The van der Waals surface area contributed by atoms with E-state index in [0.29, 0.717) is 40.8 Å². The average Bonchev–Trinajstić information content (AvgIpc) is 3.43. The summed E-state index contributed by atoms with van der Waals surface area (Å²) >= 11 is 1.74. The summed E-state index contributed by atoms with van der Waals surface area (Å²) in [7, 11) is 0. The van der Waals surface area contributed by atoms with Gasteiger partial charge in [-0.1, -0.05) is 0 Å². The number of rotatable bonds is 6. The second-order valence-electron chi connectivity index (χ2n) is 6.79. The van der Waals surface area contributed by atoms with E-state index in [-0.39, 0.29) is 0 Å². The topological polar surface area (TPSA) is 60.2 Å². The van der Waals surface area contributed by atoms with Gasteiger partial charge in [0.2, 0.25) is 0 Å². The van der Waals surface area contributed by atoms with Crippen molar-refractivity contribution >= 4 is 29.2 Å². The zero-order valence-corrected chi connectivity index (χ0v) is 14.8. The van der Waals surface area contributed by atoms with Gasteiger partial charge in [0.15, 0.2) is 0 Å². The molecule has 1 atom stereocenters. The molecule has 0 bridgehead atoms. The van der Waals surface area contributed by atoms with Crippen LogP contribution in [0.1, 0.15) is 25.7 Å². The van der Waals surface area contributed by atoms with Gasteiger partial charge in [-0.05, 0) is 31.6 Å². The number of thioether (sulfide) groups is 1.